The Hall–Kier alpha value is -2.48. The number of carbonyl (C=O) groups excluding carboxylic acids is 3. The molecule has 2 aliphatic heterocycles. The number of amides is 3. The zero-order valence-corrected chi connectivity index (χ0v) is 21.8. The van der Waals surface area contributed by atoms with Crippen LogP contribution in [0.1, 0.15) is 5.56 Å². The molecule has 3 N–H and O–H groups in total. The molecular weight excluding hydrogens is 529 g/mol. The molecule has 184 valence electrons. The van der Waals surface area contributed by atoms with Gasteiger partial charge < -0.3 is 15.7 Å². The van der Waals surface area contributed by atoms with Gasteiger partial charge in [0.05, 0.1) is 12.2 Å². The number of carbonyl (C=O) groups is 4. The standard InChI is InChI=1S/C22H22N4O5S4/c1-32-11-16(28)24-14-5-3-2-4-12(14)8-15(27)25-17-19(29)26-18(21(30)31)13(9-34-20(17)26)10-35-22-23-6-7-33-22/h2-7,17,20H,8-11H2,1H3,(H,24,28)(H,25,27)(H,30,31)/t17?,20-/m1/s1. The molecule has 3 heterocycles. The number of aromatic nitrogens is 1. The molecule has 1 aromatic carbocycles. The molecule has 0 radical (unpaired) electrons. The summed E-state index contributed by atoms with van der Waals surface area (Å²) >= 11 is 5.75. The number of anilines is 1. The smallest absolute Gasteiger partial charge is 0.352 e. The lowest BCUT2D eigenvalue weighted by Crippen LogP contribution is -2.70. The molecule has 1 aromatic heterocycles. The van der Waals surface area contributed by atoms with Gasteiger partial charge in [-0.3, -0.25) is 19.3 Å². The fraction of sp³-hybridized carbons (Fsp3) is 0.318. The van der Waals surface area contributed by atoms with Crippen LogP contribution >= 0.6 is 46.6 Å². The second-order valence-electron chi connectivity index (χ2n) is 7.61. The molecular formula is C22H22N4O5S4. The minimum atomic E-state index is -1.15. The SMILES string of the molecule is CSCC(=O)Nc1ccccc1CC(=O)NC1C(=O)N2C(C(=O)O)=C(CSc3nccs3)CS[C@H]12. The number of fused-ring (bicyclic) bond motifs is 1. The monoisotopic (exact) mass is 550 g/mol. The Morgan fingerprint density at radius 3 is 2.77 bits per heavy atom. The van der Waals surface area contributed by atoms with E-state index in [1.54, 1.807) is 30.5 Å². The fourth-order valence-electron chi connectivity index (χ4n) is 3.74. The maximum atomic E-state index is 12.9. The Kier molecular flexibility index (Phi) is 8.42. The van der Waals surface area contributed by atoms with Gasteiger partial charge in [0, 0.05) is 28.8 Å². The minimum Gasteiger partial charge on any atom is -0.477 e. The van der Waals surface area contributed by atoms with E-state index in [4.69, 9.17) is 0 Å². The fourth-order valence-corrected chi connectivity index (χ4v) is 7.19. The quantitative estimate of drug-likeness (QED) is 0.302. The summed E-state index contributed by atoms with van der Waals surface area (Å²) in [5.41, 5.74) is 1.84. The molecule has 4 rings (SSSR count). The highest BCUT2D eigenvalue weighted by atomic mass is 32.2. The van der Waals surface area contributed by atoms with Crippen molar-refractivity contribution in [3.63, 3.8) is 0 Å². The Bertz CT molecular complexity index is 1170. The first-order valence-electron chi connectivity index (χ1n) is 10.5. The molecule has 3 amide bonds. The van der Waals surface area contributed by atoms with Crippen molar-refractivity contribution < 1.29 is 24.3 Å². The lowest BCUT2D eigenvalue weighted by atomic mass is 10.0. The average molecular weight is 551 g/mol. The molecule has 1 saturated heterocycles. The molecule has 0 aliphatic carbocycles. The Morgan fingerprint density at radius 2 is 2.06 bits per heavy atom. The zero-order chi connectivity index (χ0) is 24.9. The zero-order valence-electron chi connectivity index (χ0n) is 18.6. The van der Waals surface area contributed by atoms with Gasteiger partial charge >= 0.3 is 5.97 Å². The van der Waals surface area contributed by atoms with Crippen molar-refractivity contribution in [2.45, 2.75) is 22.2 Å². The number of thioether (sulfide) groups is 3. The second kappa shape index (κ2) is 11.5. The van der Waals surface area contributed by atoms with Crippen LogP contribution in [-0.4, -0.2) is 73.6 Å². The van der Waals surface area contributed by atoms with Crippen molar-refractivity contribution in [3.8, 4) is 0 Å². The number of para-hydroxylation sites is 1. The van der Waals surface area contributed by atoms with Gasteiger partial charge in [-0.15, -0.1) is 23.1 Å². The molecule has 0 saturated carbocycles. The van der Waals surface area contributed by atoms with Crippen LogP contribution in [0.25, 0.3) is 0 Å². The molecule has 0 bridgehead atoms. The van der Waals surface area contributed by atoms with Gasteiger partial charge in [-0.1, -0.05) is 30.0 Å². The van der Waals surface area contributed by atoms with Crippen LogP contribution in [0.2, 0.25) is 0 Å². The van der Waals surface area contributed by atoms with E-state index in [-0.39, 0.29) is 23.9 Å². The third-order valence-corrected chi connectivity index (χ3v) is 9.21. The Labute approximate surface area is 218 Å². The average Bonchev–Trinajstić information content (AvgIpc) is 3.35. The van der Waals surface area contributed by atoms with Gasteiger partial charge in [-0.2, -0.15) is 11.8 Å². The number of rotatable bonds is 10. The molecule has 35 heavy (non-hydrogen) atoms. The third-order valence-electron chi connectivity index (χ3n) is 5.26. The van der Waals surface area contributed by atoms with Gasteiger partial charge in [0.15, 0.2) is 0 Å². The van der Waals surface area contributed by atoms with Crippen LogP contribution in [0, 0.1) is 0 Å². The molecule has 2 aromatic rings. The first-order valence-corrected chi connectivity index (χ1v) is 14.8. The van der Waals surface area contributed by atoms with E-state index in [2.05, 4.69) is 15.6 Å². The molecule has 13 heteroatoms. The van der Waals surface area contributed by atoms with Crippen molar-refractivity contribution in [2.75, 3.05) is 28.8 Å². The van der Waals surface area contributed by atoms with E-state index >= 15 is 0 Å². The van der Waals surface area contributed by atoms with Gasteiger partial charge in [0.1, 0.15) is 21.5 Å². The van der Waals surface area contributed by atoms with Crippen molar-refractivity contribution in [3.05, 3.63) is 52.7 Å². The number of benzene rings is 1. The van der Waals surface area contributed by atoms with Crippen molar-refractivity contribution in [2.24, 2.45) is 0 Å². The van der Waals surface area contributed by atoms with Gasteiger partial charge in [0.25, 0.3) is 5.91 Å². The summed E-state index contributed by atoms with van der Waals surface area (Å²) in [5.74, 6) is -0.953. The van der Waals surface area contributed by atoms with Crippen LogP contribution in [0.4, 0.5) is 5.69 Å². The summed E-state index contributed by atoms with van der Waals surface area (Å²) in [6, 6.07) is 6.22. The number of nitrogens with zero attached hydrogens (tertiary/aromatic N) is 2. The predicted molar refractivity (Wildman–Crippen MR) is 140 cm³/mol. The van der Waals surface area contributed by atoms with Gasteiger partial charge in [0.2, 0.25) is 11.8 Å². The highest BCUT2D eigenvalue weighted by molar-refractivity contribution is 8.01. The van der Waals surface area contributed by atoms with Crippen LogP contribution in [0.15, 0.2) is 51.5 Å². The van der Waals surface area contributed by atoms with Crippen LogP contribution in [-0.2, 0) is 25.6 Å². The summed E-state index contributed by atoms with van der Waals surface area (Å²) in [7, 11) is 0. The Balaban J connectivity index is 1.40. The molecule has 9 nitrogen and oxygen atoms in total. The first-order chi connectivity index (χ1) is 16.9. The normalized spacial score (nSPS) is 19.1. The molecule has 2 atom stereocenters. The van der Waals surface area contributed by atoms with E-state index in [9.17, 15) is 24.3 Å². The van der Waals surface area contributed by atoms with Crippen LogP contribution < -0.4 is 10.6 Å². The number of carboxylic acid groups (broad SMARTS) is 1. The largest absolute Gasteiger partial charge is 0.477 e. The number of aliphatic carboxylic acids is 1. The minimum absolute atomic E-state index is 0.00448. The number of nitrogens with one attached hydrogen (secondary N) is 2. The van der Waals surface area contributed by atoms with E-state index < -0.39 is 23.3 Å². The van der Waals surface area contributed by atoms with E-state index in [1.807, 2.05) is 11.6 Å². The summed E-state index contributed by atoms with van der Waals surface area (Å²) in [6.07, 6.45) is 3.50. The molecule has 2 aliphatic rings. The number of hydrogen-bond acceptors (Lipinski definition) is 9. The molecule has 1 fully saturated rings. The summed E-state index contributed by atoms with van der Waals surface area (Å²) in [4.78, 5) is 55.1. The number of hydrogen-bond donors (Lipinski definition) is 3. The first kappa shape index (κ1) is 25.6. The lowest BCUT2D eigenvalue weighted by molar-refractivity contribution is -0.150. The summed E-state index contributed by atoms with van der Waals surface area (Å²) < 4.78 is 0.833. The number of β-lactam (4-membered cyclic amide) rings is 1. The maximum absolute atomic E-state index is 12.9. The predicted octanol–water partition coefficient (Wildman–Crippen LogP) is 2.52. The van der Waals surface area contributed by atoms with Crippen molar-refractivity contribution >= 4 is 76.0 Å². The Morgan fingerprint density at radius 1 is 1.26 bits per heavy atom. The van der Waals surface area contributed by atoms with Crippen molar-refractivity contribution in [1.29, 1.82) is 0 Å². The van der Waals surface area contributed by atoms with Gasteiger partial charge in [-0.05, 0) is 23.5 Å². The van der Waals surface area contributed by atoms with E-state index in [0.717, 1.165) is 4.34 Å². The maximum Gasteiger partial charge on any atom is 0.352 e. The highest BCUT2D eigenvalue weighted by Crippen LogP contribution is 2.41. The summed E-state index contributed by atoms with van der Waals surface area (Å²) in [5, 5.41) is 16.7. The lowest BCUT2D eigenvalue weighted by Gasteiger charge is -2.49. The van der Waals surface area contributed by atoms with Crippen molar-refractivity contribution in [1.82, 2.24) is 15.2 Å². The summed E-state index contributed by atoms with van der Waals surface area (Å²) in [6.45, 7) is 0. The van der Waals surface area contributed by atoms with E-state index in [1.165, 1.54) is 51.5 Å². The van der Waals surface area contributed by atoms with E-state index in [0.29, 0.717) is 34.1 Å². The second-order valence-corrected chi connectivity index (χ2v) is 11.7. The number of carboxylic acids is 1. The topological polar surface area (TPSA) is 129 Å². The molecule has 1 unspecified atom stereocenters. The van der Waals surface area contributed by atoms with Gasteiger partial charge in [-0.25, -0.2) is 9.78 Å². The highest BCUT2D eigenvalue weighted by Gasteiger charge is 2.54. The third kappa shape index (κ3) is 5.85. The van der Waals surface area contributed by atoms with Crippen LogP contribution in [0.3, 0.4) is 0 Å². The number of thiazole rings is 1. The van der Waals surface area contributed by atoms with Crippen LogP contribution in [0.5, 0.6) is 0 Å². The molecule has 0 spiro atoms.